The van der Waals surface area contributed by atoms with Crippen molar-refractivity contribution in [2.24, 2.45) is 0 Å². The molecule has 0 saturated heterocycles. The summed E-state index contributed by atoms with van der Waals surface area (Å²) < 4.78 is 45.3. The molecule has 0 aliphatic rings. The molecule has 0 saturated carbocycles. The first-order valence-electron chi connectivity index (χ1n) is 8.28. The summed E-state index contributed by atoms with van der Waals surface area (Å²) in [6.45, 7) is 0. The molecule has 0 aliphatic heterocycles. The van der Waals surface area contributed by atoms with E-state index in [2.05, 4.69) is 99.9 Å². The molecule has 0 bridgehead atoms. The Morgan fingerprint density at radius 1 is 0.759 bits per heavy atom. The molecule has 3 rings (SSSR count). The fraction of sp³-hybridized carbons (Fsp3) is 0.0526. The van der Waals surface area contributed by atoms with E-state index in [1.54, 1.807) is 0 Å². The van der Waals surface area contributed by atoms with Gasteiger partial charge in [0.2, 0.25) is 0 Å². The summed E-state index contributed by atoms with van der Waals surface area (Å²) in [7, 11) is -5.14. The van der Waals surface area contributed by atoms with Crippen molar-refractivity contribution in [2.75, 3.05) is 0 Å². The summed E-state index contributed by atoms with van der Waals surface area (Å²) in [6, 6.07) is 32.9. The maximum absolute atomic E-state index is 9.57. The predicted molar refractivity (Wildman–Crippen MR) is 104 cm³/mol. The number of hydrogen-bond donors (Lipinski definition) is 2. The van der Waals surface area contributed by atoms with Gasteiger partial charge in [0.1, 0.15) is 0 Å². The predicted octanol–water partition coefficient (Wildman–Crippen LogP) is 0.917. The fourth-order valence-corrected chi connectivity index (χ4v) is 11.4. The molecular weight excluding hydrogens is 542 g/mol. The Bertz CT molecular complexity index is 959. The molecule has 29 heavy (non-hydrogen) atoms. The van der Waals surface area contributed by atoms with Gasteiger partial charge >= 0.3 is 176 Å². The molecule has 7 nitrogen and oxygen atoms in total. The molecule has 10 heteroatoms. The second kappa shape index (κ2) is 10.1. The average molecular weight is 562 g/mol. The van der Waals surface area contributed by atoms with E-state index in [4.69, 9.17) is 9.79 Å². The molecule has 0 spiro atoms. The van der Waals surface area contributed by atoms with Crippen LogP contribution in [-0.4, -0.2) is 23.3 Å². The molecule has 0 heterocycles. The first kappa shape index (κ1) is 23.9. The van der Waals surface area contributed by atoms with Gasteiger partial charge in [0.05, 0.1) is 0 Å². The van der Waals surface area contributed by atoms with Crippen molar-refractivity contribution in [3.63, 3.8) is 0 Å². The normalized spacial score (nSPS) is 12.0. The molecule has 2 N–H and O–H groups in total. The fourth-order valence-electron chi connectivity index (χ4n) is 2.74. The molecule has 0 aliphatic carbocycles. The zero-order valence-corrected chi connectivity index (χ0v) is 20.2. The van der Waals surface area contributed by atoms with Gasteiger partial charge in [0.15, 0.2) is 0 Å². The Morgan fingerprint density at radius 3 is 1.21 bits per heavy atom. The van der Waals surface area contributed by atoms with Gasteiger partial charge < -0.3 is 0 Å². The van der Waals surface area contributed by atoms with Gasteiger partial charge in [-0.3, -0.25) is 0 Å². The van der Waals surface area contributed by atoms with E-state index in [0.717, 1.165) is 0 Å². The minimum absolute atomic E-state index is 1.49. The summed E-state index contributed by atoms with van der Waals surface area (Å²) in [5.74, 6) is 0. The van der Waals surface area contributed by atoms with Crippen molar-refractivity contribution in [1.29, 1.82) is 0 Å². The summed E-state index contributed by atoms with van der Waals surface area (Å²) >= 11 is -8.57. The van der Waals surface area contributed by atoms with Gasteiger partial charge in [-0.25, -0.2) is 0 Å². The van der Waals surface area contributed by atoms with Gasteiger partial charge in [0.25, 0.3) is 0 Å². The van der Waals surface area contributed by atoms with E-state index >= 15 is 0 Å². The van der Waals surface area contributed by atoms with Crippen LogP contribution in [0, 0.1) is 0 Å². The van der Waals surface area contributed by atoms with E-state index in [1.807, 2.05) is 0 Å². The van der Waals surface area contributed by atoms with Crippen molar-refractivity contribution in [1.82, 2.24) is 0 Å². The van der Waals surface area contributed by atoms with Crippen molar-refractivity contribution < 1.29 is 44.8 Å². The Hall–Kier alpha value is -1.42. The molecule has 0 amide bonds. The Balaban J connectivity index is 0.000000284. The van der Waals surface area contributed by atoms with Crippen LogP contribution < -0.4 is 16.8 Å². The van der Waals surface area contributed by atoms with Gasteiger partial charge in [-0.1, -0.05) is 0 Å². The number of benzene rings is 3. The van der Waals surface area contributed by atoms with Crippen LogP contribution in [0.2, 0.25) is 5.71 Å². The molecule has 3 aromatic carbocycles. The third kappa shape index (κ3) is 7.40. The van der Waals surface area contributed by atoms with Crippen molar-refractivity contribution in [3.05, 3.63) is 91.0 Å². The minimum atomic E-state index is -6.28. The Kier molecular flexibility index (Phi) is 8.27. The molecule has 0 fully saturated rings. The number of rotatable bonds is 5. The number of hydrogen-bond acceptors (Lipinski definition) is 5. The summed E-state index contributed by atoms with van der Waals surface area (Å²) in [5, 5.41) is 0. The first-order valence-corrected chi connectivity index (χ1v) is 17.8. The second-order valence-electron chi connectivity index (χ2n) is 5.99. The zero-order chi connectivity index (χ0) is 21.5. The molecule has 3 aromatic rings. The Labute approximate surface area is 175 Å². The summed E-state index contributed by atoms with van der Waals surface area (Å²) in [6.07, 6.45) is 0. The van der Waals surface area contributed by atoms with Gasteiger partial charge in [-0.15, -0.1) is 0 Å². The van der Waals surface area contributed by atoms with Crippen LogP contribution in [0.1, 0.15) is 0 Å². The molecule has 0 radical (unpaired) electrons. The van der Waals surface area contributed by atoms with Crippen LogP contribution in [0.25, 0.3) is 0 Å². The molecule has 154 valence electrons. The summed E-state index contributed by atoms with van der Waals surface area (Å²) in [5.41, 5.74) is 2.47. The van der Waals surface area contributed by atoms with E-state index < -0.39 is 38.1 Å². The standard InChI is InChI=1S/C19H18As.Mo.H3O4P.3O/c1-20(17-11-5-2-6-12-17,18-13-7-3-8-14-18)19-15-9-4-10-16-19;;1-5(2,3)4;;;/h2-16H,1H3;;(H3,1,2,3,4);;;/q2*+1;;;;-1/p-1. The van der Waals surface area contributed by atoms with Gasteiger partial charge in [-0.2, -0.15) is 0 Å². The quantitative estimate of drug-likeness (QED) is 0.350. The SMILES string of the molecule is C[As+](c1ccccc1)(c1ccccc1)c1ccccc1.O=P(O)(O)[O][Mo](=[O])(=[O])[O-]. The summed E-state index contributed by atoms with van der Waals surface area (Å²) in [4.78, 5) is 15.4. The van der Waals surface area contributed by atoms with Crippen LogP contribution in [0.5, 0.6) is 0 Å². The van der Waals surface area contributed by atoms with Gasteiger partial charge in [-0.05, 0) is 0 Å². The van der Waals surface area contributed by atoms with Crippen LogP contribution in [-0.2, 0) is 31.3 Å². The number of phosphoric acid groups is 1. The van der Waals surface area contributed by atoms with Crippen LogP contribution >= 0.6 is 7.82 Å². The molecular formula is C19H20AsMoO7P. The topological polar surface area (TPSA) is 124 Å². The van der Waals surface area contributed by atoms with E-state index in [0.29, 0.717) is 0 Å². The van der Waals surface area contributed by atoms with Gasteiger partial charge in [0, 0.05) is 0 Å². The van der Waals surface area contributed by atoms with Crippen LogP contribution in [0.3, 0.4) is 0 Å². The second-order valence-corrected chi connectivity index (χ2v) is 17.7. The van der Waals surface area contributed by atoms with Crippen LogP contribution in [0.15, 0.2) is 91.0 Å². The molecule has 0 aromatic heterocycles. The van der Waals surface area contributed by atoms with E-state index in [-0.39, 0.29) is 0 Å². The average Bonchev–Trinajstić information content (AvgIpc) is 2.67. The van der Waals surface area contributed by atoms with E-state index in [1.165, 1.54) is 13.1 Å². The third-order valence-electron chi connectivity index (χ3n) is 4.01. The molecule has 0 unspecified atom stereocenters. The van der Waals surface area contributed by atoms with E-state index in [9.17, 15) is 15.1 Å². The monoisotopic (exact) mass is 564 g/mol. The molecule has 0 atom stereocenters. The van der Waals surface area contributed by atoms with Crippen molar-refractivity contribution >= 4 is 34.4 Å². The third-order valence-corrected chi connectivity index (χ3v) is 15.5. The van der Waals surface area contributed by atoms with Crippen LogP contribution in [0.4, 0.5) is 0 Å². The Morgan fingerprint density at radius 2 is 1.03 bits per heavy atom. The van der Waals surface area contributed by atoms with Crippen molar-refractivity contribution in [3.8, 4) is 0 Å². The first-order chi connectivity index (χ1) is 13.5. The zero-order valence-electron chi connectivity index (χ0n) is 15.4. The van der Waals surface area contributed by atoms with Crippen molar-refractivity contribution in [2.45, 2.75) is 5.71 Å². The maximum atomic E-state index is 9.57.